The van der Waals surface area contributed by atoms with Gasteiger partial charge < -0.3 is 66.9 Å². The summed E-state index contributed by atoms with van der Waals surface area (Å²) < 4.78 is 77.6. The molecule has 16 atom stereocenters. The summed E-state index contributed by atoms with van der Waals surface area (Å²) in [6.07, 6.45) is 17.4. The third-order valence-electron chi connectivity index (χ3n) is 21.3. The van der Waals surface area contributed by atoms with E-state index in [1.165, 1.54) is 52.9 Å². The standard InChI is InChI=1S/C79H133NO20/c1-56-59(4)71(50-94-65(10)81)98-76(62(56)7)91-42-31-22-19-17-15-13-14-16-18-20-28-36-69(84)38-45-88-53-79(48-75(87)97-49-68-34-26-24-27-35-68,54-89-46-39-70(85)37-29-21-23-32-43-92-77-63(8)57(2)60(5)72(99-77)51-95-66(11)82)55-90-47-40-74(86)80-41-30-25-33-44-93-78-64(9)58(3)61(6)73(100-78)52-96-67(12)83/h24,26-27,34-35,56-64,71-73,76-78H,13-23,25,28-33,36-55H2,1-12H3,(H,80,86)/t56-,57-,58-,59+,60+,61+,62?,63?,64?,71?,72?,73?,76+,77+,78+,79?/m0/s1. The number of carbonyl (C=O) groups is 7. The maximum Gasteiger partial charge on any atom is 0.306 e. The van der Waals surface area contributed by atoms with E-state index in [4.69, 9.17) is 61.6 Å². The number of amides is 1. The Kier molecular flexibility index (Phi) is 44.7. The van der Waals surface area contributed by atoms with Crippen LogP contribution in [0.2, 0.25) is 0 Å². The molecule has 3 aliphatic rings. The van der Waals surface area contributed by atoms with Crippen molar-refractivity contribution in [1.29, 1.82) is 0 Å². The largest absolute Gasteiger partial charge is 0.463 e. The van der Waals surface area contributed by atoms with E-state index in [0.29, 0.717) is 57.0 Å². The molecule has 0 bridgehead atoms. The molecule has 21 heteroatoms. The van der Waals surface area contributed by atoms with Gasteiger partial charge in [0.2, 0.25) is 5.91 Å². The number of benzene rings is 1. The third kappa shape index (κ3) is 35.8. The molecule has 0 aromatic heterocycles. The van der Waals surface area contributed by atoms with Gasteiger partial charge in [0, 0.05) is 97.0 Å². The fraction of sp³-hybridized carbons (Fsp3) is 0.835. The fourth-order valence-electron chi connectivity index (χ4n) is 13.3. The fourth-order valence-corrected chi connectivity index (χ4v) is 13.3. The quantitative estimate of drug-likeness (QED) is 0.0361. The molecule has 1 aromatic rings. The topological polar surface area (TPSA) is 252 Å². The maximum atomic E-state index is 13.8. The smallest absolute Gasteiger partial charge is 0.306 e. The van der Waals surface area contributed by atoms with Crippen molar-refractivity contribution < 1.29 is 95.1 Å². The van der Waals surface area contributed by atoms with Gasteiger partial charge in [-0.2, -0.15) is 0 Å². The van der Waals surface area contributed by atoms with Crippen molar-refractivity contribution in [2.24, 2.45) is 58.7 Å². The van der Waals surface area contributed by atoms with Gasteiger partial charge in [-0.1, -0.05) is 163 Å². The summed E-state index contributed by atoms with van der Waals surface area (Å²) in [6.45, 7) is 26.8. The number of hydrogen-bond acceptors (Lipinski definition) is 20. The molecule has 3 saturated heterocycles. The van der Waals surface area contributed by atoms with Gasteiger partial charge in [-0.05, 0) is 86.0 Å². The van der Waals surface area contributed by atoms with Crippen molar-refractivity contribution >= 4 is 41.4 Å². The molecule has 4 rings (SSSR count). The molecule has 1 N–H and O–H groups in total. The molecule has 21 nitrogen and oxygen atoms in total. The molecule has 0 saturated carbocycles. The Labute approximate surface area is 600 Å². The number of hydrogen-bond donors (Lipinski definition) is 1. The maximum absolute atomic E-state index is 13.8. The van der Waals surface area contributed by atoms with Gasteiger partial charge in [-0.3, -0.25) is 33.6 Å². The number of carbonyl (C=O) groups excluding carboxylic acids is 7. The highest BCUT2D eigenvalue weighted by Gasteiger charge is 2.43. The highest BCUT2D eigenvalue weighted by Crippen LogP contribution is 2.39. The minimum atomic E-state index is -1.07. The lowest BCUT2D eigenvalue weighted by Crippen LogP contribution is -2.47. The second-order valence-electron chi connectivity index (χ2n) is 29.4. The summed E-state index contributed by atoms with van der Waals surface area (Å²) in [4.78, 5) is 87.7. The molecule has 1 amide bonds. The van der Waals surface area contributed by atoms with E-state index in [1.807, 2.05) is 30.3 Å². The number of esters is 4. The van der Waals surface area contributed by atoms with E-state index in [9.17, 15) is 33.6 Å². The number of ketones is 2. The van der Waals surface area contributed by atoms with E-state index in [1.54, 1.807) is 0 Å². The molecule has 100 heavy (non-hydrogen) atoms. The van der Waals surface area contributed by atoms with E-state index < -0.39 is 17.7 Å². The normalized spacial score (nSPS) is 25.9. The molecule has 3 fully saturated rings. The molecule has 7 unspecified atom stereocenters. The zero-order valence-corrected chi connectivity index (χ0v) is 63.6. The Morgan fingerprint density at radius 1 is 0.380 bits per heavy atom. The van der Waals surface area contributed by atoms with Crippen LogP contribution in [0.1, 0.15) is 243 Å². The summed E-state index contributed by atoms with van der Waals surface area (Å²) >= 11 is 0. The second-order valence-corrected chi connectivity index (χ2v) is 29.4. The number of unbranched alkanes of at least 4 members (excludes halogenated alkanes) is 15. The molecule has 3 heterocycles. The first-order valence-corrected chi connectivity index (χ1v) is 38.4. The van der Waals surface area contributed by atoms with Crippen molar-refractivity contribution in [1.82, 2.24) is 5.32 Å². The van der Waals surface area contributed by atoms with Crippen molar-refractivity contribution in [2.45, 2.75) is 281 Å². The van der Waals surface area contributed by atoms with Gasteiger partial charge in [0.15, 0.2) is 18.9 Å². The lowest BCUT2D eigenvalue weighted by atomic mass is 9.79. The molecule has 0 radical (unpaired) electrons. The van der Waals surface area contributed by atoms with Crippen molar-refractivity contribution in [3.05, 3.63) is 35.9 Å². The number of rotatable bonds is 55. The van der Waals surface area contributed by atoms with Crippen LogP contribution in [0.5, 0.6) is 0 Å². The predicted octanol–water partition coefficient (Wildman–Crippen LogP) is 14.0. The molecule has 0 spiro atoms. The number of ether oxygens (including phenoxy) is 13. The zero-order valence-electron chi connectivity index (χ0n) is 63.6. The first kappa shape index (κ1) is 88.0. The lowest BCUT2D eigenvalue weighted by molar-refractivity contribution is -0.255. The number of Topliss-reactive ketones (excluding diaryl/α,β-unsaturated/α-hetero) is 2. The third-order valence-corrected chi connectivity index (χ3v) is 21.3. The van der Waals surface area contributed by atoms with Crippen LogP contribution < -0.4 is 5.32 Å². The molecular formula is C79H133NO20. The Bertz CT molecular complexity index is 2350. The van der Waals surface area contributed by atoms with E-state index >= 15 is 0 Å². The summed E-state index contributed by atoms with van der Waals surface area (Å²) in [7, 11) is 0. The van der Waals surface area contributed by atoms with Crippen LogP contribution in [0.3, 0.4) is 0 Å². The average Bonchev–Trinajstić information content (AvgIpc) is 0.832. The van der Waals surface area contributed by atoms with Crippen LogP contribution in [-0.4, -0.2) is 164 Å². The van der Waals surface area contributed by atoms with Crippen molar-refractivity contribution in [3.8, 4) is 0 Å². The highest BCUT2D eigenvalue weighted by atomic mass is 16.7. The molecule has 1 aromatic carbocycles. The van der Waals surface area contributed by atoms with Gasteiger partial charge in [-0.25, -0.2) is 0 Å². The van der Waals surface area contributed by atoms with Gasteiger partial charge >= 0.3 is 23.9 Å². The Hall–Kier alpha value is -4.45. The zero-order chi connectivity index (χ0) is 73.1. The summed E-state index contributed by atoms with van der Waals surface area (Å²) in [5.41, 5.74) is -0.242. The summed E-state index contributed by atoms with van der Waals surface area (Å²) in [5.74, 6) is 0.973. The first-order chi connectivity index (χ1) is 48.0. The monoisotopic (exact) mass is 1420 g/mol. The summed E-state index contributed by atoms with van der Waals surface area (Å²) in [6, 6.07) is 9.41. The first-order valence-electron chi connectivity index (χ1n) is 38.4. The SMILES string of the molecule is CC(=O)OCC1O[C@@H](OCCCCCCCCCCCCCC(=O)CCOCC(COCCC(=O)CCCCCCO[C@@H]2OC(COC(C)=O)[C@H](C)[C@H](C)C2C)(COCCC(=O)NCCCCCO[C@@H]2OC(COC(C)=O)[C@H](C)[C@H](C)C2C)CC(=O)OCc2ccccc2)C(C)[C@@H](C)[C@H]1C. The second kappa shape index (κ2) is 50.9. The average molecular weight is 1420 g/mol. The predicted molar refractivity (Wildman–Crippen MR) is 381 cm³/mol. The van der Waals surface area contributed by atoms with Crippen LogP contribution in [0.15, 0.2) is 30.3 Å². The van der Waals surface area contributed by atoms with Crippen LogP contribution in [0.25, 0.3) is 0 Å². The van der Waals surface area contributed by atoms with Crippen molar-refractivity contribution in [2.75, 3.05) is 85.8 Å². The van der Waals surface area contributed by atoms with E-state index in [-0.39, 0.29) is 194 Å². The van der Waals surface area contributed by atoms with Crippen LogP contribution in [-0.2, 0) is 102 Å². The van der Waals surface area contributed by atoms with E-state index in [0.717, 1.165) is 89.0 Å². The Morgan fingerprint density at radius 3 is 1.09 bits per heavy atom. The molecule has 574 valence electrons. The van der Waals surface area contributed by atoms with Gasteiger partial charge in [-0.15, -0.1) is 0 Å². The van der Waals surface area contributed by atoms with Gasteiger partial charge in [0.25, 0.3) is 0 Å². The van der Waals surface area contributed by atoms with E-state index in [2.05, 4.69) is 67.6 Å². The Morgan fingerprint density at radius 2 is 0.720 bits per heavy atom. The van der Waals surface area contributed by atoms with Crippen molar-refractivity contribution in [3.63, 3.8) is 0 Å². The van der Waals surface area contributed by atoms with Crippen LogP contribution in [0.4, 0.5) is 0 Å². The van der Waals surface area contributed by atoms with Gasteiger partial charge in [0.1, 0.15) is 38.0 Å². The molecular weight excluding hydrogens is 1280 g/mol. The van der Waals surface area contributed by atoms with Gasteiger partial charge in [0.05, 0.1) is 69.8 Å². The number of nitrogens with one attached hydrogen (secondary N) is 1. The van der Waals surface area contributed by atoms with Crippen LogP contribution in [0, 0.1) is 58.7 Å². The minimum Gasteiger partial charge on any atom is -0.463 e. The molecule has 0 aliphatic carbocycles. The van der Waals surface area contributed by atoms with Crippen LogP contribution >= 0.6 is 0 Å². The highest BCUT2D eigenvalue weighted by molar-refractivity contribution is 5.79. The Balaban J connectivity index is 1.21. The minimum absolute atomic E-state index is 0.00264. The molecule has 3 aliphatic heterocycles. The summed E-state index contributed by atoms with van der Waals surface area (Å²) in [5, 5.41) is 2.99. The lowest BCUT2D eigenvalue weighted by Gasteiger charge is -2.43.